The Morgan fingerprint density at radius 3 is 2.86 bits per heavy atom. The molecule has 1 N–H and O–H groups in total. The monoisotopic (exact) mass is 287 g/mol. The Bertz CT molecular complexity index is 630. The molecule has 110 valence electrons. The van der Waals surface area contributed by atoms with Crippen molar-refractivity contribution in [3.63, 3.8) is 0 Å². The third-order valence-electron chi connectivity index (χ3n) is 3.04. The van der Waals surface area contributed by atoms with Gasteiger partial charge in [-0.2, -0.15) is 0 Å². The number of amides is 1. The van der Waals surface area contributed by atoms with Crippen molar-refractivity contribution >= 4 is 11.7 Å². The normalized spacial score (nSPS) is 10.2. The van der Waals surface area contributed by atoms with Gasteiger partial charge in [0.2, 0.25) is 0 Å². The number of anilines is 1. The SMILES string of the molecule is CCNc1ncccc1C(=O)N(C)Cc1cccc(F)c1. The molecule has 0 spiro atoms. The summed E-state index contributed by atoms with van der Waals surface area (Å²) in [5, 5.41) is 3.07. The number of nitrogens with zero attached hydrogens (tertiary/aromatic N) is 2. The van der Waals surface area contributed by atoms with Crippen LogP contribution in [0.4, 0.5) is 10.2 Å². The van der Waals surface area contributed by atoms with Crippen LogP contribution in [-0.4, -0.2) is 29.4 Å². The van der Waals surface area contributed by atoms with Crippen molar-refractivity contribution in [3.05, 3.63) is 59.5 Å². The lowest BCUT2D eigenvalue weighted by Gasteiger charge is -2.19. The van der Waals surface area contributed by atoms with Gasteiger partial charge in [-0.05, 0) is 36.8 Å². The summed E-state index contributed by atoms with van der Waals surface area (Å²) in [7, 11) is 1.69. The van der Waals surface area contributed by atoms with Gasteiger partial charge in [0.25, 0.3) is 5.91 Å². The Morgan fingerprint density at radius 2 is 2.14 bits per heavy atom. The highest BCUT2D eigenvalue weighted by molar-refractivity contribution is 5.98. The smallest absolute Gasteiger partial charge is 0.257 e. The van der Waals surface area contributed by atoms with E-state index in [9.17, 15) is 9.18 Å². The molecular weight excluding hydrogens is 269 g/mol. The molecule has 2 rings (SSSR count). The Labute approximate surface area is 123 Å². The topological polar surface area (TPSA) is 45.2 Å². The summed E-state index contributed by atoms with van der Waals surface area (Å²) >= 11 is 0. The first-order valence-corrected chi connectivity index (χ1v) is 6.80. The molecule has 0 radical (unpaired) electrons. The quantitative estimate of drug-likeness (QED) is 0.919. The van der Waals surface area contributed by atoms with Gasteiger partial charge in [0, 0.05) is 26.3 Å². The molecule has 1 aromatic heterocycles. The van der Waals surface area contributed by atoms with Crippen LogP contribution in [0.15, 0.2) is 42.6 Å². The second-order valence-electron chi connectivity index (χ2n) is 4.72. The molecule has 0 fully saturated rings. The van der Waals surface area contributed by atoms with E-state index < -0.39 is 0 Å². The number of halogens is 1. The lowest BCUT2D eigenvalue weighted by atomic mass is 10.2. The predicted octanol–water partition coefficient (Wildman–Crippen LogP) is 2.92. The minimum absolute atomic E-state index is 0.150. The standard InChI is InChI=1S/C16H18FN3O/c1-3-18-15-14(8-5-9-19-15)16(21)20(2)11-12-6-4-7-13(17)10-12/h4-10H,3,11H2,1-2H3,(H,18,19). The van der Waals surface area contributed by atoms with Crippen LogP contribution in [-0.2, 0) is 6.54 Å². The molecule has 5 heteroatoms. The van der Waals surface area contributed by atoms with Gasteiger partial charge in [-0.15, -0.1) is 0 Å². The van der Waals surface area contributed by atoms with Gasteiger partial charge in [-0.25, -0.2) is 9.37 Å². The highest BCUT2D eigenvalue weighted by atomic mass is 19.1. The lowest BCUT2D eigenvalue weighted by molar-refractivity contribution is 0.0785. The van der Waals surface area contributed by atoms with Crippen LogP contribution < -0.4 is 5.32 Å². The largest absolute Gasteiger partial charge is 0.370 e. The first-order chi connectivity index (χ1) is 10.1. The Balaban J connectivity index is 2.16. The minimum atomic E-state index is -0.303. The molecule has 21 heavy (non-hydrogen) atoms. The fourth-order valence-electron chi connectivity index (χ4n) is 2.07. The Kier molecular flexibility index (Phi) is 4.87. The van der Waals surface area contributed by atoms with E-state index in [1.54, 1.807) is 42.4 Å². The zero-order chi connectivity index (χ0) is 15.2. The molecule has 4 nitrogen and oxygen atoms in total. The van der Waals surface area contributed by atoms with Crippen molar-refractivity contribution < 1.29 is 9.18 Å². The molecule has 0 saturated carbocycles. The maximum atomic E-state index is 13.2. The van der Waals surface area contributed by atoms with E-state index in [4.69, 9.17) is 0 Å². The van der Waals surface area contributed by atoms with Crippen molar-refractivity contribution in [2.24, 2.45) is 0 Å². The molecule has 1 aromatic carbocycles. The van der Waals surface area contributed by atoms with Gasteiger partial charge in [0.05, 0.1) is 5.56 Å². The lowest BCUT2D eigenvalue weighted by Crippen LogP contribution is -2.27. The van der Waals surface area contributed by atoms with Gasteiger partial charge in [-0.1, -0.05) is 12.1 Å². The molecule has 2 aromatic rings. The average Bonchev–Trinajstić information content (AvgIpc) is 2.47. The fraction of sp³-hybridized carbons (Fsp3) is 0.250. The average molecular weight is 287 g/mol. The number of hydrogen-bond acceptors (Lipinski definition) is 3. The number of pyridine rings is 1. The van der Waals surface area contributed by atoms with Crippen molar-refractivity contribution in [2.45, 2.75) is 13.5 Å². The van der Waals surface area contributed by atoms with Crippen molar-refractivity contribution in [1.82, 2.24) is 9.88 Å². The fourth-order valence-corrected chi connectivity index (χ4v) is 2.07. The highest BCUT2D eigenvalue weighted by Gasteiger charge is 2.16. The van der Waals surface area contributed by atoms with Gasteiger partial charge in [0.15, 0.2) is 0 Å². The van der Waals surface area contributed by atoms with Crippen LogP contribution in [0, 0.1) is 5.82 Å². The summed E-state index contributed by atoms with van der Waals surface area (Å²) in [6.45, 7) is 2.97. The van der Waals surface area contributed by atoms with Crippen LogP contribution in [0.2, 0.25) is 0 Å². The molecule has 0 saturated heterocycles. The maximum Gasteiger partial charge on any atom is 0.257 e. The van der Waals surface area contributed by atoms with E-state index in [0.717, 1.165) is 5.56 Å². The zero-order valence-electron chi connectivity index (χ0n) is 12.1. The molecule has 0 unspecified atom stereocenters. The van der Waals surface area contributed by atoms with E-state index in [-0.39, 0.29) is 11.7 Å². The van der Waals surface area contributed by atoms with E-state index in [1.807, 2.05) is 6.92 Å². The van der Waals surface area contributed by atoms with Crippen LogP contribution in [0.5, 0.6) is 0 Å². The minimum Gasteiger partial charge on any atom is -0.370 e. The third kappa shape index (κ3) is 3.78. The molecule has 1 amide bonds. The van der Waals surface area contributed by atoms with Gasteiger partial charge in [0.1, 0.15) is 11.6 Å². The number of rotatable bonds is 5. The van der Waals surface area contributed by atoms with Crippen molar-refractivity contribution in [2.75, 3.05) is 18.9 Å². The molecule has 0 aliphatic rings. The number of nitrogens with one attached hydrogen (secondary N) is 1. The van der Waals surface area contributed by atoms with Crippen LogP contribution in [0.25, 0.3) is 0 Å². The predicted molar refractivity (Wildman–Crippen MR) is 80.6 cm³/mol. The maximum absolute atomic E-state index is 13.2. The van der Waals surface area contributed by atoms with E-state index >= 15 is 0 Å². The van der Waals surface area contributed by atoms with Crippen molar-refractivity contribution in [1.29, 1.82) is 0 Å². The Morgan fingerprint density at radius 1 is 1.33 bits per heavy atom. The van der Waals surface area contributed by atoms with Crippen LogP contribution in [0.3, 0.4) is 0 Å². The summed E-state index contributed by atoms with van der Waals surface area (Å²) in [4.78, 5) is 18.2. The molecule has 0 atom stereocenters. The first kappa shape index (κ1) is 15.0. The zero-order valence-corrected chi connectivity index (χ0v) is 12.1. The molecule has 0 aliphatic carbocycles. The number of aromatic nitrogens is 1. The summed E-state index contributed by atoms with van der Waals surface area (Å²) in [6.07, 6.45) is 1.64. The van der Waals surface area contributed by atoms with E-state index in [0.29, 0.717) is 24.5 Å². The van der Waals surface area contributed by atoms with E-state index in [2.05, 4.69) is 10.3 Å². The second-order valence-corrected chi connectivity index (χ2v) is 4.72. The van der Waals surface area contributed by atoms with Gasteiger partial charge >= 0.3 is 0 Å². The third-order valence-corrected chi connectivity index (χ3v) is 3.04. The van der Waals surface area contributed by atoms with E-state index in [1.165, 1.54) is 12.1 Å². The second kappa shape index (κ2) is 6.83. The first-order valence-electron chi connectivity index (χ1n) is 6.80. The summed E-state index contributed by atoms with van der Waals surface area (Å²) in [5.74, 6) is 0.113. The van der Waals surface area contributed by atoms with Gasteiger partial charge < -0.3 is 10.2 Å². The molecule has 0 aliphatic heterocycles. The highest BCUT2D eigenvalue weighted by Crippen LogP contribution is 2.15. The molecule has 1 heterocycles. The summed E-state index contributed by atoms with van der Waals surface area (Å²) < 4.78 is 13.2. The number of hydrogen-bond donors (Lipinski definition) is 1. The molecule has 0 bridgehead atoms. The van der Waals surface area contributed by atoms with Crippen LogP contribution >= 0.6 is 0 Å². The Hall–Kier alpha value is -2.43. The van der Waals surface area contributed by atoms with Gasteiger partial charge in [-0.3, -0.25) is 4.79 Å². The summed E-state index contributed by atoms with van der Waals surface area (Å²) in [6, 6.07) is 9.70. The summed E-state index contributed by atoms with van der Waals surface area (Å²) in [5.41, 5.74) is 1.26. The molecular formula is C16H18FN3O. The van der Waals surface area contributed by atoms with Crippen LogP contribution in [0.1, 0.15) is 22.8 Å². The number of carbonyl (C=O) groups excluding carboxylic acids is 1. The van der Waals surface area contributed by atoms with Crippen molar-refractivity contribution in [3.8, 4) is 0 Å². The number of carbonyl (C=O) groups is 1. The number of benzene rings is 1.